The van der Waals surface area contributed by atoms with Gasteiger partial charge < -0.3 is 24.5 Å². The standard InChI is InChI=1S/C38H44F5N5O5/c1-21-12-22-14-23(13-21)37(16-22,35(50)51)46-34(49)29-17-44-33(45-32(29)38(41,42)43)30-18-48(25-8-10-52-11-9-25)31-15-27(6-7-28(30)31)53-26-4-2-24(3-5-26)47-19-36(39,40)20-47/h6-7,15,17-18,21-26H,2-5,8-14,16,19-20H2,1H3,(H,46,49)(H,50,51). The number of halogens is 5. The van der Waals surface area contributed by atoms with Crippen molar-refractivity contribution < 1.29 is 46.1 Å². The molecule has 286 valence electrons. The first-order valence-corrected chi connectivity index (χ1v) is 18.7. The second-order valence-corrected chi connectivity index (χ2v) is 16.0. The number of hydrogen-bond donors (Lipinski definition) is 2. The number of ether oxygens (including phenoxy) is 2. The lowest BCUT2D eigenvalue weighted by Gasteiger charge is -2.46. The monoisotopic (exact) mass is 745 g/mol. The number of fused-ring (bicyclic) bond motifs is 3. The molecule has 3 aromatic rings. The van der Waals surface area contributed by atoms with Crippen LogP contribution in [0.4, 0.5) is 22.0 Å². The molecule has 4 atom stereocenters. The highest BCUT2D eigenvalue weighted by Gasteiger charge is 2.56. The van der Waals surface area contributed by atoms with Crippen LogP contribution in [0.15, 0.2) is 30.6 Å². The highest BCUT2D eigenvalue weighted by atomic mass is 19.4. The molecule has 5 fully saturated rings. The molecular weight excluding hydrogens is 701 g/mol. The molecular formula is C38H44F5N5O5. The normalized spacial score (nSPS) is 30.6. The van der Waals surface area contributed by atoms with Crippen LogP contribution in [0.25, 0.3) is 22.3 Å². The third kappa shape index (κ3) is 6.87. The van der Waals surface area contributed by atoms with Gasteiger partial charge in [-0.25, -0.2) is 23.5 Å². The fraction of sp³-hybridized carbons (Fsp3) is 0.632. The Kier molecular flexibility index (Phi) is 9.18. The molecule has 4 unspecified atom stereocenters. The maximum absolute atomic E-state index is 14.7. The molecule has 2 N–H and O–H groups in total. The number of nitrogens with zero attached hydrogens (tertiary/aromatic N) is 4. The van der Waals surface area contributed by atoms with E-state index in [2.05, 4.69) is 15.3 Å². The zero-order valence-electron chi connectivity index (χ0n) is 29.5. The molecule has 10 nitrogen and oxygen atoms in total. The second kappa shape index (κ2) is 13.5. The van der Waals surface area contributed by atoms with E-state index in [0.29, 0.717) is 55.6 Å². The van der Waals surface area contributed by atoms with Crippen molar-refractivity contribution in [2.75, 3.05) is 26.3 Å². The van der Waals surface area contributed by atoms with Crippen molar-refractivity contribution in [3.63, 3.8) is 0 Å². The summed E-state index contributed by atoms with van der Waals surface area (Å²) < 4.78 is 84.9. The number of carboxylic acid groups (broad SMARTS) is 1. The topological polar surface area (TPSA) is 119 Å². The number of nitrogens with one attached hydrogen (secondary N) is 1. The SMILES string of the molecule is CC1CC2CC(C1)C(NC(=O)c1cnc(-c3cn(C4CCOCC4)c4cc(OC5CCC(N6CC(F)(F)C6)CC5)ccc34)nc1C(F)(F)F)(C(=O)O)C2. The van der Waals surface area contributed by atoms with Crippen molar-refractivity contribution in [1.82, 2.24) is 24.8 Å². The number of alkyl halides is 5. The van der Waals surface area contributed by atoms with Gasteiger partial charge in [-0.3, -0.25) is 9.69 Å². The lowest BCUT2D eigenvalue weighted by Crippen LogP contribution is -2.60. The van der Waals surface area contributed by atoms with E-state index in [1.807, 2.05) is 22.5 Å². The van der Waals surface area contributed by atoms with Gasteiger partial charge in [0.1, 0.15) is 11.3 Å². The molecule has 2 aromatic heterocycles. The van der Waals surface area contributed by atoms with E-state index in [4.69, 9.17) is 9.47 Å². The zero-order valence-corrected chi connectivity index (χ0v) is 29.5. The Labute approximate surface area is 303 Å². The quantitative estimate of drug-likeness (QED) is 0.234. The zero-order chi connectivity index (χ0) is 37.3. The Morgan fingerprint density at radius 2 is 1.75 bits per heavy atom. The van der Waals surface area contributed by atoms with Crippen LogP contribution in [0.1, 0.15) is 93.2 Å². The van der Waals surface area contributed by atoms with Gasteiger partial charge in [-0.1, -0.05) is 6.92 Å². The summed E-state index contributed by atoms with van der Waals surface area (Å²) in [7, 11) is 0. The highest BCUT2D eigenvalue weighted by Crippen LogP contribution is 2.51. The van der Waals surface area contributed by atoms with Crippen molar-refractivity contribution in [3.05, 3.63) is 41.9 Å². The predicted molar refractivity (Wildman–Crippen MR) is 183 cm³/mol. The number of carbonyl (C=O) groups excluding carboxylic acids is 1. The van der Waals surface area contributed by atoms with Gasteiger partial charge in [0, 0.05) is 54.7 Å². The second-order valence-electron chi connectivity index (χ2n) is 16.0. The Bertz CT molecular complexity index is 1880. The molecule has 8 rings (SSSR count). The minimum atomic E-state index is -5.03. The summed E-state index contributed by atoms with van der Waals surface area (Å²) in [4.78, 5) is 36.3. The van der Waals surface area contributed by atoms with E-state index in [0.717, 1.165) is 43.8 Å². The van der Waals surface area contributed by atoms with E-state index >= 15 is 0 Å². The fourth-order valence-corrected chi connectivity index (χ4v) is 9.84. The number of carboxylic acids is 1. The van der Waals surface area contributed by atoms with Crippen LogP contribution in [0.3, 0.4) is 0 Å². The van der Waals surface area contributed by atoms with Gasteiger partial charge in [-0.2, -0.15) is 13.2 Å². The lowest BCUT2D eigenvalue weighted by atomic mass is 9.78. The van der Waals surface area contributed by atoms with Crippen LogP contribution in [-0.4, -0.2) is 86.3 Å². The summed E-state index contributed by atoms with van der Waals surface area (Å²) in [5, 5.41) is 13.4. The van der Waals surface area contributed by atoms with E-state index in [1.54, 1.807) is 18.3 Å². The van der Waals surface area contributed by atoms with Gasteiger partial charge in [0.2, 0.25) is 0 Å². The summed E-state index contributed by atoms with van der Waals surface area (Å²) in [5.41, 5.74) is -2.83. The third-order valence-corrected chi connectivity index (χ3v) is 12.3. The maximum Gasteiger partial charge on any atom is 0.434 e. The maximum atomic E-state index is 14.7. The Balaban J connectivity index is 1.08. The van der Waals surface area contributed by atoms with Crippen LogP contribution in [0.2, 0.25) is 0 Å². The molecule has 0 spiro atoms. The Hall–Kier alpha value is -3.85. The molecule has 2 saturated heterocycles. The Morgan fingerprint density at radius 1 is 1.02 bits per heavy atom. The number of likely N-dealkylation sites (tertiary alicyclic amines) is 1. The summed E-state index contributed by atoms with van der Waals surface area (Å²) in [5.74, 6) is -4.67. The molecule has 5 aliphatic rings. The van der Waals surface area contributed by atoms with Gasteiger partial charge in [-0.15, -0.1) is 0 Å². The number of amides is 1. The van der Waals surface area contributed by atoms with Crippen molar-refractivity contribution in [2.24, 2.45) is 17.8 Å². The Morgan fingerprint density at radius 3 is 2.43 bits per heavy atom. The van der Waals surface area contributed by atoms with E-state index < -0.39 is 40.8 Å². The van der Waals surface area contributed by atoms with Gasteiger partial charge in [0.05, 0.1) is 30.3 Å². The number of benzene rings is 1. The van der Waals surface area contributed by atoms with Crippen LogP contribution in [0, 0.1) is 17.8 Å². The summed E-state index contributed by atoms with van der Waals surface area (Å²) >= 11 is 0. The minimum Gasteiger partial charge on any atom is -0.490 e. The molecule has 53 heavy (non-hydrogen) atoms. The van der Waals surface area contributed by atoms with Gasteiger partial charge in [-0.05, 0) is 94.1 Å². The first-order chi connectivity index (χ1) is 25.2. The average molecular weight is 746 g/mol. The molecule has 2 aliphatic heterocycles. The summed E-state index contributed by atoms with van der Waals surface area (Å²) in [6.45, 7) is 2.69. The molecule has 1 amide bonds. The molecule has 4 heterocycles. The van der Waals surface area contributed by atoms with Crippen LogP contribution >= 0.6 is 0 Å². The van der Waals surface area contributed by atoms with Crippen molar-refractivity contribution in [3.8, 4) is 17.1 Å². The van der Waals surface area contributed by atoms with Gasteiger partial charge >= 0.3 is 12.1 Å². The number of hydrogen-bond acceptors (Lipinski definition) is 7. The van der Waals surface area contributed by atoms with Crippen molar-refractivity contribution in [1.29, 1.82) is 0 Å². The molecule has 3 aliphatic carbocycles. The minimum absolute atomic E-state index is 0.00627. The van der Waals surface area contributed by atoms with Gasteiger partial charge in [0.15, 0.2) is 11.5 Å². The number of carbonyl (C=O) groups is 2. The lowest BCUT2D eigenvalue weighted by molar-refractivity contribution is -0.151. The molecule has 2 bridgehead atoms. The molecule has 1 aromatic carbocycles. The van der Waals surface area contributed by atoms with Crippen LogP contribution in [-0.2, 0) is 15.7 Å². The smallest absolute Gasteiger partial charge is 0.434 e. The number of aliphatic carboxylic acids is 1. The predicted octanol–water partition coefficient (Wildman–Crippen LogP) is 7.12. The third-order valence-electron chi connectivity index (χ3n) is 12.3. The number of aromatic nitrogens is 3. The largest absolute Gasteiger partial charge is 0.490 e. The van der Waals surface area contributed by atoms with Gasteiger partial charge in [0.25, 0.3) is 11.8 Å². The van der Waals surface area contributed by atoms with Crippen LogP contribution in [0.5, 0.6) is 5.75 Å². The first-order valence-electron chi connectivity index (χ1n) is 18.7. The first kappa shape index (κ1) is 36.1. The summed E-state index contributed by atoms with van der Waals surface area (Å²) in [6, 6.07) is 5.52. The van der Waals surface area contributed by atoms with Crippen molar-refractivity contribution in [2.45, 2.75) is 107 Å². The average Bonchev–Trinajstić information content (AvgIpc) is 3.61. The van der Waals surface area contributed by atoms with E-state index in [9.17, 15) is 36.6 Å². The summed E-state index contributed by atoms with van der Waals surface area (Å²) in [6.07, 6.45) is 3.96. The highest BCUT2D eigenvalue weighted by molar-refractivity contribution is 6.00. The number of rotatable bonds is 8. The van der Waals surface area contributed by atoms with Crippen LogP contribution < -0.4 is 10.1 Å². The fourth-order valence-electron chi connectivity index (χ4n) is 9.84. The van der Waals surface area contributed by atoms with E-state index in [1.165, 1.54) is 0 Å². The molecule has 15 heteroatoms. The molecule has 0 radical (unpaired) electrons. The van der Waals surface area contributed by atoms with Crippen molar-refractivity contribution >= 4 is 22.8 Å². The molecule has 3 saturated carbocycles. The van der Waals surface area contributed by atoms with E-state index in [-0.39, 0.29) is 61.3 Å².